The number of carbonyl (C=O) groups excluding carboxylic acids is 1. The van der Waals surface area contributed by atoms with E-state index in [9.17, 15) is 23.9 Å². The van der Waals surface area contributed by atoms with Crippen molar-refractivity contribution >= 4 is 40.8 Å². The predicted molar refractivity (Wildman–Crippen MR) is 153 cm³/mol. The Kier molecular flexibility index (Phi) is 9.88. The number of hydrogen-bond acceptors (Lipinski definition) is 5. The first-order valence-corrected chi connectivity index (χ1v) is 13.2. The van der Waals surface area contributed by atoms with Crippen molar-refractivity contribution < 1.29 is 38.5 Å². The van der Waals surface area contributed by atoms with Crippen LogP contribution in [0.2, 0.25) is 0 Å². The number of carboxylic acid groups (broad SMARTS) is 2. The maximum Gasteiger partial charge on any atom is 0.359 e. The van der Waals surface area contributed by atoms with Crippen molar-refractivity contribution in [3.05, 3.63) is 95.7 Å². The van der Waals surface area contributed by atoms with Crippen molar-refractivity contribution in [3.8, 4) is 11.5 Å². The highest BCUT2D eigenvalue weighted by Gasteiger charge is 2.25. The predicted octanol–water partition coefficient (Wildman–Crippen LogP) is 6.65. The third-order valence-corrected chi connectivity index (χ3v) is 6.35. The van der Waals surface area contributed by atoms with Gasteiger partial charge in [-0.3, -0.25) is 9.59 Å². The third kappa shape index (κ3) is 7.82. The fourth-order valence-electron chi connectivity index (χ4n) is 4.31. The van der Waals surface area contributed by atoms with Gasteiger partial charge in [0.1, 0.15) is 11.5 Å². The SMILES string of the molecule is O=C(O)CCC(=O)c1cn(C(F)C(=O)O)c2c(C=Cc3ccc(OCCCCOc4ccccc4)cc3)cccc12. The van der Waals surface area contributed by atoms with Crippen molar-refractivity contribution in [2.45, 2.75) is 32.0 Å². The highest BCUT2D eigenvalue weighted by atomic mass is 19.1. The minimum atomic E-state index is -2.42. The van der Waals surface area contributed by atoms with Crippen LogP contribution < -0.4 is 9.47 Å². The molecule has 0 saturated heterocycles. The number of carboxylic acids is 2. The number of nitrogens with zero attached hydrogens (tertiary/aromatic N) is 1. The number of benzene rings is 3. The zero-order valence-electron chi connectivity index (χ0n) is 22.2. The van der Waals surface area contributed by atoms with Gasteiger partial charge < -0.3 is 24.3 Å². The molecule has 8 nitrogen and oxygen atoms in total. The van der Waals surface area contributed by atoms with Gasteiger partial charge in [0.25, 0.3) is 6.30 Å². The lowest BCUT2D eigenvalue weighted by Gasteiger charge is -2.09. The standard InChI is InChI=1S/C32H30FNO7/c33-31(32(38)39)34-21-27(28(35)17-18-29(36)37)26-10-6-7-23(30(26)34)14-11-22-12-15-25(16-13-22)41-20-5-4-19-40-24-8-2-1-3-9-24/h1-3,6-16,21,31H,4-5,17-20H2,(H,36,37)(H,38,39). The van der Waals surface area contributed by atoms with E-state index >= 15 is 0 Å². The van der Waals surface area contributed by atoms with Gasteiger partial charge in [-0.15, -0.1) is 0 Å². The largest absolute Gasteiger partial charge is 0.494 e. The number of rotatable bonds is 15. The van der Waals surface area contributed by atoms with Crippen LogP contribution in [0.5, 0.6) is 11.5 Å². The summed E-state index contributed by atoms with van der Waals surface area (Å²) in [6, 6.07) is 22.0. The van der Waals surface area contributed by atoms with Crippen LogP contribution >= 0.6 is 0 Å². The molecule has 0 aliphatic carbocycles. The Hall–Kier alpha value is -4.92. The van der Waals surface area contributed by atoms with E-state index in [1.54, 1.807) is 30.4 Å². The van der Waals surface area contributed by atoms with E-state index in [1.807, 2.05) is 54.6 Å². The average Bonchev–Trinajstić information content (AvgIpc) is 3.37. The second-order valence-electron chi connectivity index (χ2n) is 9.30. The van der Waals surface area contributed by atoms with Gasteiger partial charge in [0.2, 0.25) is 0 Å². The van der Waals surface area contributed by atoms with Gasteiger partial charge in [-0.2, -0.15) is 0 Å². The maximum atomic E-state index is 14.7. The summed E-state index contributed by atoms with van der Waals surface area (Å²) in [5.41, 5.74) is 1.64. The normalized spacial score (nSPS) is 11.9. The van der Waals surface area contributed by atoms with E-state index in [2.05, 4.69) is 0 Å². The lowest BCUT2D eigenvalue weighted by atomic mass is 10.0. The molecule has 0 aliphatic heterocycles. The number of hydrogen-bond donors (Lipinski definition) is 2. The molecule has 9 heteroatoms. The summed E-state index contributed by atoms with van der Waals surface area (Å²) in [5, 5.41) is 18.6. The second kappa shape index (κ2) is 13.9. The van der Waals surface area contributed by atoms with E-state index in [0.29, 0.717) is 29.9 Å². The summed E-state index contributed by atoms with van der Waals surface area (Å²) in [4.78, 5) is 35.1. The molecule has 2 N–H and O–H groups in total. The first-order chi connectivity index (χ1) is 19.8. The van der Waals surface area contributed by atoms with Gasteiger partial charge in [0, 0.05) is 23.6 Å². The molecule has 0 amide bonds. The van der Waals surface area contributed by atoms with E-state index in [-0.39, 0.29) is 23.9 Å². The molecule has 0 radical (unpaired) electrons. The Morgan fingerprint density at radius 2 is 1.46 bits per heavy atom. The topological polar surface area (TPSA) is 115 Å². The summed E-state index contributed by atoms with van der Waals surface area (Å²) >= 11 is 0. The Bertz CT molecular complexity index is 1530. The monoisotopic (exact) mass is 559 g/mol. The minimum absolute atomic E-state index is 0.0773. The maximum absolute atomic E-state index is 14.7. The van der Waals surface area contributed by atoms with Gasteiger partial charge in [-0.1, -0.05) is 60.7 Å². The number of para-hydroxylation sites is 2. The van der Waals surface area contributed by atoms with Crippen LogP contribution in [0.15, 0.2) is 79.0 Å². The number of Topliss-reactive ketones (excluding diaryl/α,β-unsaturated/α-hetero) is 1. The highest BCUT2D eigenvalue weighted by molar-refractivity contribution is 6.10. The van der Waals surface area contributed by atoms with Crippen molar-refractivity contribution in [1.82, 2.24) is 4.57 Å². The molecular formula is C32H30FNO7. The first kappa shape index (κ1) is 29.1. The molecule has 0 aliphatic rings. The van der Waals surface area contributed by atoms with Crippen molar-refractivity contribution in [3.63, 3.8) is 0 Å². The minimum Gasteiger partial charge on any atom is -0.494 e. The van der Waals surface area contributed by atoms with Gasteiger partial charge in [0.15, 0.2) is 5.78 Å². The van der Waals surface area contributed by atoms with Crippen LogP contribution in [-0.2, 0) is 9.59 Å². The summed E-state index contributed by atoms with van der Waals surface area (Å²) < 4.78 is 27.1. The fraction of sp³-hybridized carbons (Fsp3) is 0.219. The van der Waals surface area contributed by atoms with Gasteiger partial charge in [-0.25, -0.2) is 9.18 Å². The molecule has 1 aromatic heterocycles. The third-order valence-electron chi connectivity index (χ3n) is 6.35. The van der Waals surface area contributed by atoms with Gasteiger partial charge in [-0.05, 0) is 48.2 Å². The summed E-state index contributed by atoms with van der Waals surface area (Å²) in [7, 11) is 0. The Labute approximate surface area is 236 Å². The van der Waals surface area contributed by atoms with Crippen molar-refractivity contribution in [2.75, 3.05) is 13.2 Å². The fourth-order valence-corrected chi connectivity index (χ4v) is 4.31. The zero-order chi connectivity index (χ0) is 29.2. The lowest BCUT2D eigenvalue weighted by molar-refractivity contribution is -0.146. The molecule has 0 saturated carbocycles. The number of unbranched alkanes of at least 4 members (excludes halogenated alkanes) is 1. The van der Waals surface area contributed by atoms with Gasteiger partial charge in [0.05, 0.1) is 25.2 Å². The number of ketones is 1. The molecule has 1 unspecified atom stereocenters. The molecule has 0 spiro atoms. The number of aliphatic carboxylic acids is 2. The number of fused-ring (bicyclic) bond motifs is 1. The number of ether oxygens (including phenoxy) is 2. The van der Waals surface area contributed by atoms with E-state index in [1.165, 1.54) is 0 Å². The van der Waals surface area contributed by atoms with E-state index < -0.39 is 24.0 Å². The first-order valence-electron chi connectivity index (χ1n) is 13.2. The van der Waals surface area contributed by atoms with Crippen LogP contribution in [0.25, 0.3) is 23.1 Å². The molecule has 4 rings (SSSR count). The molecule has 0 fully saturated rings. The Balaban J connectivity index is 1.42. The van der Waals surface area contributed by atoms with Crippen LogP contribution in [-0.4, -0.2) is 45.7 Å². The zero-order valence-corrected chi connectivity index (χ0v) is 22.2. The molecular weight excluding hydrogens is 529 g/mol. The number of aromatic nitrogens is 1. The summed E-state index contributed by atoms with van der Waals surface area (Å²) in [6.07, 6.45) is 3.25. The van der Waals surface area contributed by atoms with Crippen molar-refractivity contribution in [2.24, 2.45) is 0 Å². The van der Waals surface area contributed by atoms with Crippen molar-refractivity contribution in [1.29, 1.82) is 0 Å². The van der Waals surface area contributed by atoms with Crippen LogP contribution in [0.3, 0.4) is 0 Å². The molecule has 212 valence electrons. The van der Waals surface area contributed by atoms with E-state index in [0.717, 1.165) is 34.9 Å². The smallest absolute Gasteiger partial charge is 0.359 e. The molecule has 41 heavy (non-hydrogen) atoms. The number of alkyl halides is 1. The Morgan fingerprint density at radius 1 is 0.805 bits per heavy atom. The van der Waals surface area contributed by atoms with Gasteiger partial charge >= 0.3 is 11.9 Å². The summed E-state index contributed by atoms with van der Waals surface area (Å²) in [6.45, 7) is 1.16. The molecule has 3 aromatic carbocycles. The summed E-state index contributed by atoms with van der Waals surface area (Å²) in [5.74, 6) is -1.78. The number of carbonyl (C=O) groups is 3. The average molecular weight is 560 g/mol. The molecule has 4 aromatic rings. The Morgan fingerprint density at radius 3 is 2.10 bits per heavy atom. The molecule has 1 atom stereocenters. The van der Waals surface area contributed by atoms with Crippen LogP contribution in [0.1, 0.15) is 53.5 Å². The number of halogens is 1. The quantitative estimate of drug-likeness (QED) is 0.0952. The van der Waals surface area contributed by atoms with Crippen LogP contribution in [0.4, 0.5) is 4.39 Å². The second-order valence-corrected chi connectivity index (χ2v) is 9.30. The lowest BCUT2D eigenvalue weighted by Crippen LogP contribution is -2.13. The highest BCUT2D eigenvalue weighted by Crippen LogP contribution is 2.31. The van der Waals surface area contributed by atoms with E-state index in [4.69, 9.17) is 14.6 Å². The molecule has 1 heterocycles. The molecule has 0 bridgehead atoms. The van der Waals surface area contributed by atoms with Crippen LogP contribution in [0, 0.1) is 0 Å².